The van der Waals surface area contributed by atoms with Crippen LogP contribution in [0.4, 0.5) is 0 Å². The number of fused-ring (bicyclic) bond motifs is 1. The number of rotatable bonds is 5. The Balaban J connectivity index is 1.42. The molecule has 2 aromatic heterocycles. The lowest BCUT2D eigenvalue weighted by Crippen LogP contribution is -2.37. The van der Waals surface area contributed by atoms with Gasteiger partial charge in [-0.15, -0.1) is 11.3 Å². The van der Waals surface area contributed by atoms with E-state index in [1.165, 1.54) is 10.6 Å². The minimum atomic E-state index is -0.0454. The van der Waals surface area contributed by atoms with Gasteiger partial charge in [0, 0.05) is 43.8 Å². The van der Waals surface area contributed by atoms with Crippen molar-refractivity contribution >= 4 is 17.2 Å². The fraction of sp³-hybridized carbons (Fsp3) is 0.611. The Bertz CT molecular complexity index is 752. The van der Waals surface area contributed by atoms with Gasteiger partial charge in [0.25, 0.3) is 0 Å². The maximum absolute atomic E-state index is 12.3. The summed E-state index contributed by atoms with van der Waals surface area (Å²) in [4.78, 5) is 22.2. The molecule has 0 aromatic carbocycles. The first-order chi connectivity index (χ1) is 12.7. The number of ether oxygens (including phenoxy) is 1. The highest BCUT2D eigenvalue weighted by Gasteiger charge is 2.25. The van der Waals surface area contributed by atoms with Crippen molar-refractivity contribution in [2.24, 2.45) is 0 Å². The van der Waals surface area contributed by atoms with Crippen LogP contribution in [0.3, 0.4) is 0 Å². The molecule has 4 heterocycles. The molecule has 0 N–H and O–H groups in total. The maximum atomic E-state index is 12.3. The van der Waals surface area contributed by atoms with Gasteiger partial charge in [0.15, 0.2) is 0 Å². The van der Waals surface area contributed by atoms with Gasteiger partial charge in [-0.05, 0) is 25.8 Å². The molecule has 2 aliphatic heterocycles. The van der Waals surface area contributed by atoms with E-state index in [-0.39, 0.29) is 18.6 Å². The predicted molar refractivity (Wildman–Crippen MR) is 98.7 cm³/mol. The second kappa shape index (κ2) is 7.85. The fourth-order valence-corrected chi connectivity index (χ4v) is 4.46. The molecule has 0 bridgehead atoms. The summed E-state index contributed by atoms with van der Waals surface area (Å²) in [5.41, 5.74) is 4.17. The molecule has 0 saturated carbocycles. The number of hydrogen-bond donors (Lipinski definition) is 0. The smallest absolute Gasteiger partial charge is 0.248 e. The molecule has 1 fully saturated rings. The van der Waals surface area contributed by atoms with E-state index >= 15 is 0 Å². The van der Waals surface area contributed by atoms with Crippen LogP contribution >= 0.6 is 11.3 Å². The molecule has 1 saturated heterocycles. The standard InChI is InChI=1S/C18H25N5O2S/c1-14-17(26-13-19-14)11-21-8-15-4-5-20-23(15)10-16(9-21)25-12-18(24)22-6-2-3-7-22/h4-5,13,16H,2-3,6-12H2,1H3. The van der Waals surface area contributed by atoms with Crippen LogP contribution in [-0.2, 0) is 29.2 Å². The molecular formula is C18H25N5O2S. The molecule has 1 amide bonds. The van der Waals surface area contributed by atoms with Gasteiger partial charge >= 0.3 is 0 Å². The summed E-state index contributed by atoms with van der Waals surface area (Å²) < 4.78 is 8.04. The molecule has 140 valence electrons. The van der Waals surface area contributed by atoms with Crippen molar-refractivity contribution in [2.75, 3.05) is 26.2 Å². The quantitative estimate of drug-likeness (QED) is 0.796. The first-order valence-electron chi connectivity index (χ1n) is 9.20. The highest BCUT2D eigenvalue weighted by Crippen LogP contribution is 2.20. The number of hydrogen-bond acceptors (Lipinski definition) is 6. The van der Waals surface area contributed by atoms with Crippen LogP contribution in [0.1, 0.15) is 29.1 Å². The molecular weight excluding hydrogens is 350 g/mol. The molecule has 0 aliphatic carbocycles. The van der Waals surface area contributed by atoms with Gasteiger partial charge in [-0.1, -0.05) is 0 Å². The lowest BCUT2D eigenvalue weighted by atomic mass is 10.3. The summed E-state index contributed by atoms with van der Waals surface area (Å²) >= 11 is 1.69. The van der Waals surface area contributed by atoms with E-state index < -0.39 is 0 Å². The lowest BCUT2D eigenvalue weighted by molar-refractivity contribution is -0.137. The second-order valence-corrected chi connectivity index (χ2v) is 8.00. The zero-order valence-electron chi connectivity index (χ0n) is 15.1. The molecule has 2 aliphatic rings. The zero-order valence-corrected chi connectivity index (χ0v) is 16.0. The van der Waals surface area contributed by atoms with Gasteiger partial charge in [-0.25, -0.2) is 4.98 Å². The van der Waals surface area contributed by atoms with Crippen molar-refractivity contribution in [3.63, 3.8) is 0 Å². The third-order valence-electron chi connectivity index (χ3n) is 5.14. The number of aromatic nitrogens is 3. The molecule has 4 rings (SSSR count). The molecule has 2 aromatic rings. The Morgan fingerprint density at radius 2 is 2.19 bits per heavy atom. The van der Waals surface area contributed by atoms with Crippen LogP contribution in [0.15, 0.2) is 17.8 Å². The normalized spacial score (nSPS) is 21.0. The second-order valence-electron chi connectivity index (χ2n) is 7.06. The monoisotopic (exact) mass is 375 g/mol. The lowest BCUT2D eigenvalue weighted by Gasteiger charge is -2.24. The summed E-state index contributed by atoms with van der Waals surface area (Å²) in [6.07, 6.45) is 4.00. The highest BCUT2D eigenvalue weighted by atomic mass is 32.1. The minimum absolute atomic E-state index is 0.0454. The average Bonchev–Trinajstić information content (AvgIpc) is 3.36. The molecule has 0 spiro atoms. The van der Waals surface area contributed by atoms with Crippen molar-refractivity contribution in [2.45, 2.75) is 45.5 Å². The largest absolute Gasteiger partial charge is 0.365 e. The Hall–Kier alpha value is -1.77. The summed E-state index contributed by atoms with van der Waals surface area (Å²) in [5.74, 6) is 0.109. The average molecular weight is 375 g/mol. The summed E-state index contributed by atoms with van der Waals surface area (Å²) in [6.45, 7) is 7.10. The molecule has 26 heavy (non-hydrogen) atoms. The SMILES string of the molecule is Cc1ncsc1CN1Cc2ccnn2CC(OCC(=O)N2CCCC2)C1. The van der Waals surface area contributed by atoms with Gasteiger partial charge in [0.05, 0.1) is 29.5 Å². The Labute approximate surface area is 157 Å². The third-order valence-corrected chi connectivity index (χ3v) is 6.06. The van der Waals surface area contributed by atoms with Crippen molar-refractivity contribution in [1.29, 1.82) is 0 Å². The number of amides is 1. The fourth-order valence-electron chi connectivity index (χ4n) is 3.64. The van der Waals surface area contributed by atoms with E-state index in [9.17, 15) is 4.79 Å². The Kier molecular flexibility index (Phi) is 5.33. The van der Waals surface area contributed by atoms with Crippen LogP contribution in [0.2, 0.25) is 0 Å². The molecule has 1 atom stereocenters. The van der Waals surface area contributed by atoms with Crippen LogP contribution in [0, 0.1) is 6.92 Å². The number of aryl methyl sites for hydroxylation is 1. The number of thiazole rings is 1. The highest BCUT2D eigenvalue weighted by molar-refractivity contribution is 7.09. The third kappa shape index (κ3) is 3.97. The van der Waals surface area contributed by atoms with Crippen molar-refractivity contribution in [3.05, 3.63) is 34.0 Å². The molecule has 0 radical (unpaired) electrons. The summed E-state index contributed by atoms with van der Waals surface area (Å²) in [6, 6.07) is 2.06. The molecule has 8 heteroatoms. The van der Waals surface area contributed by atoms with Gasteiger partial charge in [0.1, 0.15) is 6.61 Å². The maximum Gasteiger partial charge on any atom is 0.248 e. The van der Waals surface area contributed by atoms with Crippen LogP contribution in [0.5, 0.6) is 0 Å². The van der Waals surface area contributed by atoms with Crippen molar-refractivity contribution < 1.29 is 9.53 Å². The zero-order chi connectivity index (χ0) is 17.9. The van der Waals surface area contributed by atoms with Gasteiger partial charge in [-0.3, -0.25) is 14.4 Å². The Morgan fingerprint density at radius 1 is 1.35 bits per heavy atom. The topological polar surface area (TPSA) is 63.5 Å². The van der Waals surface area contributed by atoms with E-state index in [2.05, 4.69) is 28.0 Å². The van der Waals surface area contributed by atoms with Gasteiger partial charge in [-0.2, -0.15) is 5.10 Å². The number of likely N-dealkylation sites (tertiary alicyclic amines) is 1. The number of carbonyl (C=O) groups is 1. The van der Waals surface area contributed by atoms with E-state index in [1.54, 1.807) is 11.3 Å². The van der Waals surface area contributed by atoms with Gasteiger partial charge in [0.2, 0.25) is 5.91 Å². The Morgan fingerprint density at radius 3 is 2.96 bits per heavy atom. The van der Waals surface area contributed by atoms with Crippen molar-refractivity contribution in [3.8, 4) is 0 Å². The molecule has 7 nitrogen and oxygen atoms in total. The predicted octanol–water partition coefficient (Wildman–Crippen LogP) is 1.67. The van der Waals surface area contributed by atoms with Crippen LogP contribution < -0.4 is 0 Å². The van der Waals surface area contributed by atoms with E-state index in [0.717, 1.165) is 51.3 Å². The number of nitrogens with zero attached hydrogens (tertiary/aromatic N) is 5. The first kappa shape index (κ1) is 17.6. The minimum Gasteiger partial charge on any atom is -0.365 e. The van der Waals surface area contributed by atoms with Crippen LogP contribution in [-0.4, -0.2) is 62.8 Å². The van der Waals surface area contributed by atoms with Crippen molar-refractivity contribution in [1.82, 2.24) is 24.6 Å². The van der Waals surface area contributed by atoms with Crippen LogP contribution in [0.25, 0.3) is 0 Å². The van der Waals surface area contributed by atoms with E-state index in [1.807, 2.05) is 21.3 Å². The molecule has 1 unspecified atom stereocenters. The summed E-state index contributed by atoms with van der Waals surface area (Å²) in [5, 5.41) is 4.43. The number of carbonyl (C=O) groups excluding carboxylic acids is 1. The van der Waals surface area contributed by atoms with E-state index in [0.29, 0.717) is 6.54 Å². The van der Waals surface area contributed by atoms with Gasteiger partial charge < -0.3 is 9.64 Å². The van der Waals surface area contributed by atoms with E-state index in [4.69, 9.17) is 4.74 Å². The summed E-state index contributed by atoms with van der Waals surface area (Å²) in [7, 11) is 0. The first-order valence-corrected chi connectivity index (χ1v) is 10.1.